The molecule has 0 saturated heterocycles. The predicted molar refractivity (Wildman–Crippen MR) is 293 cm³/mol. The van der Waals surface area contributed by atoms with Gasteiger partial charge in [-0.3, -0.25) is 19.2 Å². The van der Waals surface area contributed by atoms with Crippen molar-refractivity contribution in [3.05, 3.63) is 12.2 Å². The van der Waals surface area contributed by atoms with E-state index in [-0.39, 0.29) is 43.2 Å². The van der Waals surface area contributed by atoms with Crippen LogP contribution in [0.4, 0.5) is 0 Å². The number of rotatable bonds is 50. The highest BCUT2D eigenvalue weighted by Crippen LogP contribution is 2.14. The first-order valence-corrected chi connectivity index (χ1v) is 29.7. The summed E-state index contributed by atoms with van der Waals surface area (Å²) in [5, 5.41) is 17.7. The van der Waals surface area contributed by atoms with Gasteiger partial charge < -0.3 is 29.2 Å². The maximum atomic E-state index is 11.6. The molecule has 0 aromatic carbocycles. The second-order valence-electron chi connectivity index (χ2n) is 19.9. The monoisotopic (exact) mass is 997 g/mol. The van der Waals surface area contributed by atoms with Crippen LogP contribution in [0.25, 0.3) is 0 Å². The average Bonchev–Trinajstić information content (AvgIpc) is 3.34. The van der Waals surface area contributed by atoms with Crippen molar-refractivity contribution in [2.45, 2.75) is 323 Å². The van der Waals surface area contributed by atoms with E-state index in [0.29, 0.717) is 51.7 Å². The highest BCUT2D eigenvalue weighted by atomic mass is 16.5. The number of ether oxygens (including phenoxy) is 4. The Hall–Kier alpha value is -2.46. The van der Waals surface area contributed by atoms with Crippen molar-refractivity contribution < 1.29 is 48.3 Å². The Balaban J connectivity index is -0.000000974. The molecule has 0 rings (SSSR count). The molecule has 0 bridgehead atoms. The Morgan fingerprint density at radius 3 is 0.971 bits per heavy atom. The van der Waals surface area contributed by atoms with Gasteiger partial charge in [0.05, 0.1) is 25.9 Å². The molecule has 0 aliphatic rings. The Bertz CT molecular complexity index is 1080. The molecule has 0 aliphatic heterocycles. The van der Waals surface area contributed by atoms with E-state index in [1.54, 1.807) is 0 Å². The SMILES string of the molecule is CCCCCCCC/C=C\CCCCCCCC(=O)OCC(O)CO.CCCCCCCCCCCCCC(=O)OC(C)C.CCCCCCCCOC(=O)CCCCC(=O)OCCCCCCCC. The molecule has 0 radical (unpaired) electrons. The average molecular weight is 998 g/mol. The van der Waals surface area contributed by atoms with Gasteiger partial charge in [-0.25, -0.2) is 0 Å². The number of carbonyl (C=O) groups excluding carboxylic acids is 4. The lowest BCUT2D eigenvalue weighted by Gasteiger charge is -2.08. The molecular weight excluding hydrogens is 881 g/mol. The maximum absolute atomic E-state index is 11.6. The van der Waals surface area contributed by atoms with Crippen LogP contribution in [0.5, 0.6) is 0 Å². The standard InChI is InChI=1S/C22H42O4.C21H40O4.C17H34O2/c1-3-5-7-9-11-15-19-25-21(23)17-13-14-18-22(24)26-20-16-12-10-8-6-4-2;1-2-3-4-5-6-7-8-9-10-11-12-13-14-15-16-17-21(24)25-19-20(23)18-22;1-4-5-6-7-8-9-10-11-12-13-14-15-17(18)19-16(2)3/h3-20H2,1-2H3;9-10,20,22-23H,2-8,11-19H2,1H3;16H,4-15H2,1-3H3/b;10-9-;. The Morgan fingerprint density at radius 2 is 0.643 bits per heavy atom. The van der Waals surface area contributed by atoms with Crippen LogP contribution < -0.4 is 0 Å². The van der Waals surface area contributed by atoms with E-state index in [1.165, 1.54) is 173 Å². The van der Waals surface area contributed by atoms with Gasteiger partial charge in [0.2, 0.25) is 0 Å². The number of hydrogen-bond acceptors (Lipinski definition) is 10. The van der Waals surface area contributed by atoms with Gasteiger partial charge in [-0.15, -0.1) is 0 Å². The van der Waals surface area contributed by atoms with Gasteiger partial charge >= 0.3 is 23.9 Å². The Labute approximate surface area is 432 Å². The van der Waals surface area contributed by atoms with E-state index in [9.17, 15) is 19.2 Å². The topological polar surface area (TPSA) is 146 Å². The zero-order valence-corrected chi connectivity index (χ0v) is 47.0. The third-order valence-corrected chi connectivity index (χ3v) is 12.2. The van der Waals surface area contributed by atoms with E-state index in [1.807, 2.05) is 13.8 Å². The van der Waals surface area contributed by atoms with E-state index >= 15 is 0 Å². The van der Waals surface area contributed by atoms with Crippen molar-refractivity contribution in [1.82, 2.24) is 0 Å². The zero-order chi connectivity index (χ0) is 52.2. The van der Waals surface area contributed by atoms with Crippen LogP contribution in [0, 0.1) is 0 Å². The fraction of sp³-hybridized carbons (Fsp3) is 0.900. The lowest BCUT2D eigenvalue weighted by atomic mass is 10.1. The lowest BCUT2D eigenvalue weighted by Crippen LogP contribution is -2.21. The van der Waals surface area contributed by atoms with Crippen molar-refractivity contribution in [3.63, 3.8) is 0 Å². The minimum absolute atomic E-state index is 0.0280. The first-order chi connectivity index (χ1) is 34.1. The largest absolute Gasteiger partial charge is 0.466 e. The van der Waals surface area contributed by atoms with Crippen LogP contribution in [-0.4, -0.2) is 72.7 Å². The molecule has 0 aliphatic carbocycles. The summed E-state index contributed by atoms with van der Waals surface area (Å²) in [6.45, 7) is 13.3. The summed E-state index contributed by atoms with van der Waals surface area (Å²) in [5.41, 5.74) is 0. The van der Waals surface area contributed by atoms with Gasteiger partial charge in [0.1, 0.15) is 12.7 Å². The van der Waals surface area contributed by atoms with Gasteiger partial charge in [0.25, 0.3) is 0 Å². The summed E-state index contributed by atoms with van der Waals surface area (Å²) >= 11 is 0. The summed E-state index contributed by atoms with van der Waals surface area (Å²) in [7, 11) is 0. The lowest BCUT2D eigenvalue weighted by molar-refractivity contribution is -0.148. The molecule has 70 heavy (non-hydrogen) atoms. The molecule has 10 nitrogen and oxygen atoms in total. The molecule has 0 heterocycles. The Kier molecular flexibility index (Phi) is 64.3. The summed E-state index contributed by atoms with van der Waals surface area (Å²) in [4.78, 5) is 45.9. The molecule has 0 saturated carbocycles. The minimum atomic E-state index is -0.960. The number of unbranched alkanes of at least 4 members (excludes halogenated alkanes) is 32. The fourth-order valence-corrected chi connectivity index (χ4v) is 7.73. The van der Waals surface area contributed by atoms with Crippen LogP contribution in [-0.2, 0) is 38.1 Å². The summed E-state index contributed by atoms with van der Waals surface area (Å²) in [6, 6.07) is 0. The summed E-state index contributed by atoms with van der Waals surface area (Å²) in [6.07, 6.45) is 51.7. The van der Waals surface area contributed by atoms with E-state index in [4.69, 9.17) is 29.2 Å². The first-order valence-electron chi connectivity index (χ1n) is 29.7. The van der Waals surface area contributed by atoms with Crippen LogP contribution >= 0.6 is 0 Å². The molecule has 0 aromatic heterocycles. The van der Waals surface area contributed by atoms with Crippen molar-refractivity contribution >= 4 is 23.9 Å². The number of allylic oxidation sites excluding steroid dienone is 2. The maximum Gasteiger partial charge on any atom is 0.306 e. The summed E-state index contributed by atoms with van der Waals surface area (Å²) < 4.78 is 20.4. The molecule has 0 spiro atoms. The highest BCUT2D eigenvalue weighted by Gasteiger charge is 2.09. The number of hydrogen-bond donors (Lipinski definition) is 2. The molecule has 0 fully saturated rings. The summed E-state index contributed by atoms with van der Waals surface area (Å²) in [5.74, 6) is -0.603. The van der Waals surface area contributed by atoms with Gasteiger partial charge in [0.15, 0.2) is 0 Å². The molecule has 2 N–H and O–H groups in total. The number of aliphatic hydroxyl groups is 2. The van der Waals surface area contributed by atoms with Crippen molar-refractivity contribution in [2.24, 2.45) is 0 Å². The quantitative estimate of drug-likeness (QED) is 0.0261. The predicted octanol–water partition coefficient (Wildman–Crippen LogP) is 16.9. The van der Waals surface area contributed by atoms with Crippen molar-refractivity contribution in [1.29, 1.82) is 0 Å². The molecule has 0 aromatic rings. The van der Waals surface area contributed by atoms with E-state index < -0.39 is 6.10 Å². The van der Waals surface area contributed by atoms with Crippen LogP contribution in [0.15, 0.2) is 12.2 Å². The zero-order valence-electron chi connectivity index (χ0n) is 47.0. The smallest absolute Gasteiger partial charge is 0.306 e. The number of aliphatic hydroxyl groups excluding tert-OH is 2. The Morgan fingerprint density at radius 1 is 0.371 bits per heavy atom. The normalized spacial score (nSPS) is 11.4. The highest BCUT2D eigenvalue weighted by molar-refractivity contribution is 5.71. The van der Waals surface area contributed by atoms with Gasteiger partial charge in [-0.2, -0.15) is 0 Å². The fourth-order valence-electron chi connectivity index (χ4n) is 7.73. The van der Waals surface area contributed by atoms with Gasteiger partial charge in [-0.05, 0) is 78.1 Å². The third kappa shape index (κ3) is 67.6. The van der Waals surface area contributed by atoms with Crippen molar-refractivity contribution in [3.8, 4) is 0 Å². The molecule has 1 unspecified atom stereocenters. The molecule has 10 heteroatoms. The molecule has 0 amide bonds. The van der Waals surface area contributed by atoms with Crippen LogP contribution in [0.1, 0.15) is 311 Å². The number of esters is 4. The third-order valence-electron chi connectivity index (χ3n) is 12.2. The second-order valence-corrected chi connectivity index (χ2v) is 19.9. The molecule has 416 valence electrons. The van der Waals surface area contributed by atoms with Crippen LogP contribution in [0.3, 0.4) is 0 Å². The van der Waals surface area contributed by atoms with Crippen molar-refractivity contribution in [2.75, 3.05) is 26.4 Å². The molecule has 1 atom stereocenters. The molecular formula is C60H116O10. The minimum Gasteiger partial charge on any atom is -0.466 e. The van der Waals surface area contributed by atoms with Gasteiger partial charge in [0, 0.05) is 25.7 Å². The van der Waals surface area contributed by atoms with E-state index in [2.05, 4.69) is 39.8 Å². The van der Waals surface area contributed by atoms with E-state index in [0.717, 1.165) is 57.8 Å². The number of carbonyl (C=O) groups is 4. The second kappa shape index (κ2) is 62.7. The van der Waals surface area contributed by atoms with Crippen LogP contribution in [0.2, 0.25) is 0 Å². The van der Waals surface area contributed by atoms with Gasteiger partial charge in [-0.1, -0.05) is 220 Å². The first kappa shape index (κ1) is 71.8.